The third kappa shape index (κ3) is 1.08. The zero-order chi connectivity index (χ0) is 11.4. The molecule has 2 heterocycles. The molecule has 0 bridgehead atoms. The average molecular weight is 237 g/mol. The highest BCUT2D eigenvalue weighted by Crippen LogP contribution is 2.39. The number of aromatic nitrogens is 1. The molecule has 0 unspecified atom stereocenters. The lowest BCUT2D eigenvalue weighted by Gasteiger charge is -1.97. The summed E-state index contributed by atoms with van der Waals surface area (Å²) in [5.74, 6) is 0. The molecule has 0 aliphatic heterocycles. The Hall–Kier alpha value is -1.80. The first-order valence-electron chi connectivity index (χ1n) is 5.71. The Morgan fingerprint density at radius 3 is 2.47 bits per heavy atom. The van der Waals surface area contributed by atoms with Crippen LogP contribution in [0, 0.1) is 0 Å². The van der Waals surface area contributed by atoms with Crippen LogP contribution in [-0.2, 0) is 7.05 Å². The Kier molecular flexibility index (Phi) is 1.69. The highest BCUT2D eigenvalue weighted by atomic mass is 32.1. The van der Waals surface area contributed by atoms with Gasteiger partial charge in [0.25, 0.3) is 0 Å². The van der Waals surface area contributed by atoms with Gasteiger partial charge in [0.15, 0.2) is 0 Å². The quantitative estimate of drug-likeness (QED) is 0.423. The molecule has 2 heteroatoms. The Morgan fingerprint density at radius 1 is 0.882 bits per heavy atom. The van der Waals surface area contributed by atoms with E-state index in [0.717, 1.165) is 0 Å². The van der Waals surface area contributed by atoms with Crippen molar-refractivity contribution in [3.05, 3.63) is 48.5 Å². The summed E-state index contributed by atoms with van der Waals surface area (Å²) in [6.07, 6.45) is 0. The molecule has 0 saturated carbocycles. The van der Waals surface area contributed by atoms with E-state index in [4.69, 9.17) is 0 Å². The lowest BCUT2D eigenvalue weighted by molar-refractivity contribution is 1.02. The molecule has 82 valence electrons. The van der Waals surface area contributed by atoms with Gasteiger partial charge in [0.1, 0.15) is 0 Å². The number of hydrogen-bond donors (Lipinski definition) is 0. The minimum atomic E-state index is 1.32. The number of nitrogens with zero attached hydrogens (tertiary/aromatic N) is 1. The van der Waals surface area contributed by atoms with Crippen molar-refractivity contribution in [1.29, 1.82) is 0 Å². The maximum absolute atomic E-state index is 2.31. The molecule has 0 radical (unpaired) electrons. The van der Waals surface area contributed by atoms with Crippen molar-refractivity contribution >= 4 is 42.5 Å². The molecule has 0 spiro atoms. The van der Waals surface area contributed by atoms with Crippen molar-refractivity contribution in [3.8, 4) is 0 Å². The number of hydrogen-bond acceptors (Lipinski definition) is 1. The predicted molar refractivity (Wildman–Crippen MR) is 75.8 cm³/mol. The number of fused-ring (bicyclic) bond motifs is 5. The Morgan fingerprint density at radius 2 is 1.59 bits per heavy atom. The summed E-state index contributed by atoms with van der Waals surface area (Å²) >= 11 is 1.89. The van der Waals surface area contributed by atoms with E-state index < -0.39 is 0 Å². The van der Waals surface area contributed by atoms with Gasteiger partial charge in [-0.15, -0.1) is 11.3 Å². The zero-order valence-electron chi connectivity index (χ0n) is 9.47. The number of rotatable bonds is 0. The predicted octanol–water partition coefficient (Wildman–Crippen LogP) is 4.55. The first-order chi connectivity index (χ1) is 8.36. The van der Waals surface area contributed by atoms with Crippen molar-refractivity contribution in [3.63, 3.8) is 0 Å². The first-order valence-corrected chi connectivity index (χ1v) is 6.52. The number of para-hydroxylation sites is 1. The molecule has 2 aromatic carbocycles. The van der Waals surface area contributed by atoms with Gasteiger partial charge in [-0.2, -0.15) is 0 Å². The highest BCUT2D eigenvalue weighted by Gasteiger charge is 2.12. The fourth-order valence-electron chi connectivity index (χ4n) is 2.63. The molecule has 4 aromatic rings. The van der Waals surface area contributed by atoms with E-state index in [1.165, 1.54) is 31.2 Å². The maximum atomic E-state index is 2.31. The van der Waals surface area contributed by atoms with E-state index in [2.05, 4.69) is 60.1 Å². The largest absolute Gasteiger partial charge is 0.342 e. The topological polar surface area (TPSA) is 4.93 Å². The van der Waals surface area contributed by atoms with Crippen LogP contribution in [0.5, 0.6) is 0 Å². The van der Waals surface area contributed by atoms with Gasteiger partial charge in [0.2, 0.25) is 0 Å². The van der Waals surface area contributed by atoms with Gasteiger partial charge in [0.05, 0.1) is 10.2 Å². The van der Waals surface area contributed by atoms with Gasteiger partial charge >= 0.3 is 0 Å². The summed E-state index contributed by atoms with van der Waals surface area (Å²) in [4.78, 5) is 0. The van der Waals surface area contributed by atoms with Gasteiger partial charge in [-0.05, 0) is 12.1 Å². The van der Waals surface area contributed by atoms with Crippen molar-refractivity contribution in [1.82, 2.24) is 4.57 Å². The van der Waals surface area contributed by atoms with Crippen LogP contribution in [0.25, 0.3) is 31.2 Å². The van der Waals surface area contributed by atoms with Crippen molar-refractivity contribution in [2.24, 2.45) is 7.05 Å². The van der Waals surface area contributed by atoms with Crippen LogP contribution < -0.4 is 0 Å². The monoisotopic (exact) mass is 237 g/mol. The lowest BCUT2D eigenvalue weighted by Crippen LogP contribution is -1.85. The smallest absolute Gasteiger partial charge is 0.0678 e. The normalized spacial score (nSPS) is 11.8. The molecule has 0 fully saturated rings. The molecular weight excluding hydrogens is 226 g/mol. The molecule has 0 aliphatic carbocycles. The minimum absolute atomic E-state index is 1.32. The first kappa shape index (κ1) is 9.25. The second-order valence-corrected chi connectivity index (χ2v) is 5.40. The van der Waals surface area contributed by atoms with Crippen LogP contribution >= 0.6 is 11.3 Å². The van der Waals surface area contributed by atoms with Crippen LogP contribution in [0.1, 0.15) is 0 Å². The van der Waals surface area contributed by atoms with E-state index in [9.17, 15) is 0 Å². The second kappa shape index (κ2) is 3.11. The molecule has 0 amide bonds. The van der Waals surface area contributed by atoms with Gasteiger partial charge in [-0.1, -0.05) is 36.4 Å². The summed E-state index contributed by atoms with van der Waals surface area (Å²) in [5, 5.41) is 2.73. The molecule has 0 atom stereocenters. The van der Waals surface area contributed by atoms with Gasteiger partial charge < -0.3 is 4.57 Å². The van der Waals surface area contributed by atoms with E-state index in [0.29, 0.717) is 0 Å². The van der Waals surface area contributed by atoms with E-state index in [-0.39, 0.29) is 0 Å². The Bertz CT molecular complexity index is 845. The maximum Gasteiger partial charge on any atom is 0.0678 e. The van der Waals surface area contributed by atoms with Crippen LogP contribution in [-0.4, -0.2) is 4.57 Å². The minimum Gasteiger partial charge on any atom is -0.342 e. The average Bonchev–Trinajstić information content (AvgIpc) is 2.88. The van der Waals surface area contributed by atoms with E-state index >= 15 is 0 Å². The number of benzene rings is 2. The van der Waals surface area contributed by atoms with Crippen molar-refractivity contribution in [2.45, 2.75) is 0 Å². The van der Waals surface area contributed by atoms with Crippen molar-refractivity contribution < 1.29 is 0 Å². The fourth-order valence-corrected chi connectivity index (χ4v) is 3.89. The standard InChI is InChI=1S/C15H11NS/c1-16-12-8-4-2-6-10(12)15-14(16)11-7-3-5-9-13(11)17-15/h2-9H,1H3. The zero-order valence-corrected chi connectivity index (χ0v) is 10.3. The third-order valence-electron chi connectivity index (χ3n) is 3.41. The molecule has 0 aliphatic rings. The van der Waals surface area contributed by atoms with E-state index in [1.54, 1.807) is 0 Å². The molecule has 4 rings (SSSR count). The lowest BCUT2D eigenvalue weighted by atomic mass is 10.2. The van der Waals surface area contributed by atoms with Crippen LogP contribution in [0.4, 0.5) is 0 Å². The highest BCUT2D eigenvalue weighted by molar-refractivity contribution is 7.26. The summed E-state index contributed by atoms with van der Waals surface area (Å²) in [6, 6.07) is 17.3. The molecule has 2 aromatic heterocycles. The SMILES string of the molecule is Cn1c2ccccc2c2sc3ccccc3c21. The molecule has 17 heavy (non-hydrogen) atoms. The summed E-state index contributed by atoms with van der Waals surface area (Å²) in [7, 11) is 2.16. The van der Waals surface area contributed by atoms with Crippen molar-refractivity contribution in [2.75, 3.05) is 0 Å². The fraction of sp³-hybridized carbons (Fsp3) is 0.0667. The summed E-state index contributed by atoms with van der Waals surface area (Å²) < 4.78 is 5.09. The number of aryl methyl sites for hydroxylation is 1. The van der Waals surface area contributed by atoms with Crippen LogP contribution in [0.3, 0.4) is 0 Å². The summed E-state index contributed by atoms with van der Waals surface area (Å²) in [5.41, 5.74) is 2.69. The summed E-state index contributed by atoms with van der Waals surface area (Å²) in [6.45, 7) is 0. The Labute approximate surface area is 103 Å². The Balaban J connectivity index is 2.40. The van der Waals surface area contributed by atoms with Crippen LogP contribution in [0.2, 0.25) is 0 Å². The van der Waals surface area contributed by atoms with Gasteiger partial charge in [-0.3, -0.25) is 0 Å². The molecule has 0 N–H and O–H groups in total. The van der Waals surface area contributed by atoms with Crippen LogP contribution in [0.15, 0.2) is 48.5 Å². The van der Waals surface area contributed by atoms with Gasteiger partial charge in [-0.25, -0.2) is 0 Å². The van der Waals surface area contributed by atoms with Gasteiger partial charge in [0, 0.05) is 28.0 Å². The number of thiophene rings is 1. The molecule has 1 nitrogen and oxygen atoms in total. The second-order valence-electron chi connectivity index (χ2n) is 4.35. The molecule has 0 saturated heterocycles. The third-order valence-corrected chi connectivity index (χ3v) is 4.61. The molecular formula is C15H11NS. The van der Waals surface area contributed by atoms with E-state index in [1.807, 2.05) is 11.3 Å².